The maximum absolute atomic E-state index is 10.2. The monoisotopic (exact) mass is 230 g/mol. The fraction of sp³-hybridized carbons (Fsp3) is 0.267. The average Bonchev–Trinajstić information content (AvgIpc) is 2.25. The van der Waals surface area contributed by atoms with Crippen molar-refractivity contribution < 1.29 is 9.90 Å². The lowest BCUT2D eigenvalue weighted by Gasteiger charge is -2.04. The molecular weight excluding hydrogens is 212 g/mol. The first-order valence-electron chi connectivity index (χ1n) is 5.74. The highest BCUT2D eigenvalue weighted by Crippen LogP contribution is 2.10. The van der Waals surface area contributed by atoms with Crippen LogP contribution in [0.3, 0.4) is 0 Å². The average molecular weight is 230 g/mol. The van der Waals surface area contributed by atoms with Gasteiger partial charge in [-0.25, -0.2) is 4.79 Å². The van der Waals surface area contributed by atoms with Crippen molar-refractivity contribution in [1.82, 2.24) is 0 Å². The second-order valence-electron chi connectivity index (χ2n) is 4.40. The minimum atomic E-state index is -0.929. The van der Waals surface area contributed by atoms with Gasteiger partial charge in [0.05, 0.1) is 0 Å². The summed E-state index contributed by atoms with van der Waals surface area (Å²) in [5, 5.41) is 8.41. The Bertz CT molecular complexity index is 411. The Hall–Kier alpha value is -1.83. The largest absolute Gasteiger partial charge is 0.478 e. The summed E-state index contributed by atoms with van der Waals surface area (Å²) in [6.45, 7) is 4.40. The normalized spacial score (nSPS) is 11.7. The van der Waals surface area contributed by atoms with Gasteiger partial charge in [0, 0.05) is 6.08 Å². The molecule has 0 aromatic heterocycles. The van der Waals surface area contributed by atoms with Crippen LogP contribution in [0.4, 0.5) is 0 Å². The van der Waals surface area contributed by atoms with Gasteiger partial charge in [-0.3, -0.25) is 0 Å². The molecule has 0 unspecified atom stereocenters. The SMILES string of the molecule is CC(C)Cc1ccc(/C=C/C=C/C(=O)O)cc1. The van der Waals surface area contributed by atoms with Gasteiger partial charge in [-0.05, 0) is 23.5 Å². The zero-order valence-corrected chi connectivity index (χ0v) is 10.3. The minimum Gasteiger partial charge on any atom is -0.478 e. The molecule has 0 heterocycles. The van der Waals surface area contributed by atoms with Crippen LogP contribution in [0.25, 0.3) is 6.08 Å². The van der Waals surface area contributed by atoms with Gasteiger partial charge < -0.3 is 5.11 Å². The van der Waals surface area contributed by atoms with Crippen molar-refractivity contribution >= 4 is 12.0 Å². The number of hydrogen-bond donors (Lipinski definition) is 1. The molecule has 17 heavy (non-hydrogen) atoms. The minimum absolute atomic E-state index is 0.662. The quantitative estimate of drug-likeness (QED) is 0.620. The van der Waals surface area contributed by atoms with Crippen LogP contribution in [0.1, 0.15) is 25.0 Å². The van der Waals surface area contributed by atoms with Crippen LogP contribution in [-0.4, -0.2) is 11.1 Å². The highest BCUT2D eigenvalue weighted by Gasteiger charge is 1.96. The van der Waals surface area contributed by atoms with Crippen LogP contribution in [0.5, 0.6) is 0 Å². The number of carbonyl (C=O) groups is 1. The summed E-state index contributed by atoms with van der Waals surface area (Å²) in [7, 11) is 0. The van der Waals surface area contributed by atoms with Gasteiger partial charge in [-0.2, -0.15) is 0 Å². The van der Waals surface area contributed by atoms with Crippen molar-refractivity contribution in [1.29, 1.82) is 0 Å². The molecule has 0 aliphatic heterocycles. The van der Waals surface area contributed by atoms with E-state index in [0.29, 0.717) is 5.92 Å². The highest BCUT2D eigenvalue weighted by atomic mass is 16.4. The highest BCUT2D eigenvalue weighted by molar-refractivity contribution is 5.80. The molecule has 0 aliphatic carbocycles. The standard InChI is InChI=1S/C15H18O2/c1-12(2)11-14-9-7-13(8-10-14)5-3-4-6-15(16)17/h3-10,12H,11H2,1-2H3,(H,16,17)/b5-3+,6-4+. The molecule has 1 rings (SSSR count). The fourth-order valence-corrected chi connectivity index (χ4v) is 1.54. The number of carboxylic acids is 1. The molecule has 90 valence electrons. The summed E-state index contributed by atoms with van der Waals surface area (Å²) in [4.78, 5) is 10.2. The third kappa shape index (κ3) is 5.71. The first-order valence-corrected chi connectivity index (χ1v) is 5.74. The predicted octanol–water partition coefficient (Wildman–Crippen LogP) is 3.54. The van der Waals surface area contributed by atoms with Gasteiger partial charge in [0.25, 0.3) is 0 Å². The van der Waals surface area contributed by atoms with Crippen molar-refractivity contribution in [2.75, 3.05) is 0 Å². The molecule has 0 amide bonds. The first kappa shape index (κ1) is 13.2. The Kier molecular flexibility index (Phi) is 5.21. The number of benzene rings is 1. The summed E-state index contributed by atoms with van der Waals surface area (Å²) in [5.41, 5.74) is 2.41. The third-order valence-electron chi connectivity index (χ3n) is 2.26. The lowest BCUT2D eigenvalue weighted by atomic mass is 10.0. The third-order valence-corrected chi connectivity index (χ3v) is 2.26. The van der Waals surface area contributed by atoms with Gasteiger partial charge in [-0.1, -0.05) is 56.3 Å². The molecule has 0 bridgehead atoms. The summed E-state index contributed by atoms with van der Waals surface area (Å²) < 4.78 is 0. The summed E-state index contributed by atoms with van der Waals surface area (Å²) >= 11 is 0. The van der Waals surface area contributed by atoms with Gasteiger partial charge in [0.15, 0.2) is 0 Å². The molecule has 0 fully saturated rings. The predicted molar refractivity (Wildman–Crippen MR) is 70.8 cm³/mol. The van der Waals surface area contributed by atoms with Crippen molar-refractivity contribution in [3.8, 4) is 0 Å². The van der Waals surface area contributed by atoms with Crippen molar-refractivity contribution in [2.45, 2.75) is 20.3 Å². The number of rotatable bonds is 5. The lowest BCUT2D eigenvalue weighted by Crippen LogP contribution is -1.93. The number of aliphatic carboxylic acids is 1. The van der Waals surface area contributed by atoms with E-state index in [4.69, 9.17) is 5.11 Å². The Labute approximate surface area is 102 Å². The fourth-order valence-electron chi connectivity index (χ4n) is 1.54. The van der Waals surface area contributed by atoms with Crippen LogP contribution in [-0.2, 0) is 11.2 Å². The molecule has 1 aromatic carbocycles. The summed E-state index contributed by atoms with van der Waals surface area (Å²) in [5.74, 6) is -0.267. The van der Waals surface area contributed by atoms with Gasteiger partial charge in [0.2, 0.25) is 0 Å². The van der Waals surface area contributed by atoms with E-state index in [1.54, 1.807) is 6.08 Å². The van der Waals surface area contributed by atoms with Crippen LogP contribution in [0.15, 0.2) is 42.5 Å². The van der Waals surface area contributed by atoms with E-state index in [1.165, 1.54) is 11.6 Å². The van der Waals surface area contributed by atoms with E-state index < -0.39 is 5.97 Å². The van der Waals surface area contributed by atoms with Crippen LogP contribution in [0.2, 0.25) is 0 Å². The topological polar surface area (TPSA) is 37.3 Å². The Morgan fingerprint density at radius 2 is 1.88 bits per heavy atom. The van der Waals surface area contributed by atoms with E-state index in [2.05, 4.69) is 26.0 Å². The van der Waals surface area contributed by atoms with E-state index in [9.17, 15) is 4.79 Å². The molecule has 1 N–H and O–H groups in total. The smallest absolute Gasteiger partial charge is 0.328 e. The summed E-state index contributed by atoms with van der Waals surface area (Å²) in [6.07, 6.45) is 7.33. The second-order valence-corrected chi connectivity index (χ2v) is 4.40. The molecule has 0 radical (unpaired) electrons. The molecule has 0 atom stereocenters. The Balaban J connectivity index is 2.59. The zero-order chi connectivity index (χ0) is 12.7. The first-order chi connectivity index (χ1) is 8.08. The second kappa shape index (κ2) is 6.69. The van der Waals surface area contributed by atoms with E-state index in [1.807, 2.05) is 18.2 Å². The molecule has 2 nitrogen and oxygen atoms in total. The summed E-state index contributed by atoms with van der Waals surface area (Å²) in [6, 6.07) is 8.31. The van der Waals surface area contributed by atoms with E-state index in [-0.39, 0.29) is 0 Å². The van der Waals surface area contributed by atoms with Gasteiger partial charge in [-0.15, -0.1) is 0 Å². The molecule has 2 heteroatoms. The molecule has 0 saturated heterocycles. The van der Waals surface area contributed by atoms with Gasteiger partial charge >= 0.3 is 5.97 Å². The van der Waals surface area contributed by atoms with Crippen molar-refractivity contribution in [3.05, 3.63) is 53.6 Å². The molecule has 0 saturated carbocycles. The maximum atomic E-state index is 10.2. The van der Waals surface area contributed by atoms with Gasteiger partial charge in [0.1, 0.15) is 0 Å². The van der Waals surface area contributed by atoms with Crippen LogP contribution in [0, 0.1) is 5.92 Å². The van der Waals surface area contributed by atoms with E-state index >= 15 is 0 Å². The van der Waals surface area contributed by atoms with Crippen LogP contribution < -0.4 is 0 Å². The Morgan fingerprint density at radius 1 is 1.24 bits per heavy atom. The lowest BCUT2D eigenvalue weighted by molar-refractivity contribution is -0.131. The number of hydrogen-bond acceptors (Lipinski definition) is 1. The van der Waals surface area contributed by atoms with E-state index in [0.717, 1.165) is 18.1 Å². The number of carboxylic acid groups (broad SMARTS) is 1. The zero-order valence-electron chi connectivity index (χ0n) is 10.3. The van der Waals surface area contributed by atoms with Crippen molar-refractivity contribution in [3.63, 3.8) is 0 Å². The Morgan fingerprint density at radius 3 is 2.41 bits per heavy atom. The maximum Gasteiger partial charge on any atom is 0.328 e. The van der Waals surface area contributed by atoms with Crippen molar-refractivity contribution in [2.24, 2.45) is 5.92 Å². The van der Waals surface area contributed by atoms with Crippen LogP contribution >= 0.6 is 0 Å². The number of allylic oxidation sites excluding steroid dienone is 2. The molecule has 0 spiro atoms. The molecule has 0 aliphatic rings. The molecule has 1 aromatic rings. The molecular formula is C15H18O2.